The van der Waals surface area contributed by atoms with Crippen LogP contribution in [0.15, 0.2) is 29.4 Å². The zero-order valence-electron chi connectivity index (χ0n) is 15.3. The lowest BCUT2D eigenvalue weighted by Gasteiger charge is -2.16. The molecule has 1 aliphatic heterocycles. The van der Waals surface area contributed by atoms with Crippen molar-refractivity contribution in [2.24, 2.45) is 11.0 Å². The van der Waals surface area contributed by atoms with Gasteiger partial charge in [0.05, 0.1) is 5.92 Å². The molecule has 0 bridgehead atoms. The predicted molar refractivity (Wildman–Crippen MR) is 98.7 cm³/mol. The predicted octanol–water partition coefficient (Wildman–Crippen LogP) is 2.61. The van der Waals surface area contributed by atoms with Gasteiger partial charge < -0.3 is 0 Å². The van der Waals surface area contributed by atoms with Gasteiger partial charge in [0, 0.05) is 6.04 Å². The maximum Gasteiger partial charge on any atom is 0.282 e. The number of hydrazone groups is 1. The normalized spacial score (nSPS) is 17.8. The number of hydrogen-bond donors (Lipinski definition) is 3. The Bertz CT molecular complexity index is 625. The Morgan fingerprint density at radius 2 is 1.96 bits per heavy atom. The van der Waals surface area contributed by atoms with Gasteiger partial charge in [0.2, 0.25) is 5.91 Å². The first kappa shape index (κ1) is 19.1. The van der Waals surface area contributed by atoms with Gasteiger partial charge in [0.25, 0.3) is 5.91 Å². The third-order valence-corrected chi connectivity index (χ3v) is 4.52. The van der Waals surface area contributed by atoms with Gasteiger partial charge in [-0.15, -0.1) is 0 Å². The smallest absolute Gasteiger partial charge is 0.282 e. The number of aryl methyl sites for hydroxylation is 1. The van der Waals surface area contributed by atoms with E-state index in [2.05, 4.69) is 52.6 Å². The number of benzene rings is 1. The Hall–Kier alpha value is -2.21. The number of nitrogens with zero attached hydrogens (tertiary/aromatic N) is 1. The van der Waals surface area contributed by atoms with Crippen LogP contribution in [0.4, 0.5) is 0 Å². The van der Waals surface area contributed by atoms with Crippen LogP contribution in [0, 0.1) is 5.92 Å². The first-order chi connectivity index (χ1) is 12.0. The third-order valence-electron chi connectivity index (χ3n) is 4.52. The Morgan fingerprint density at radius 3 is 2.56 bits per heavy atom. The molecule has 0 aliphatic carbocycles. The van der Waals surface area contributed by atoms with Crippen LogP contribution in [0.3, 0.4) is 0 Å². The van der Waals surface area contributed by atoms with Gasteiger partial charge in [-0.25, -0.2) is 10.9 Å². The van der Waals surface area contributed by atoms with Crippen molar-refractivity contribution >= 4 is 17.5 Å². The second-order valence-corrected chi connectivity index (χ2v) is 6.57. The third kappa shape index (κ3) is 5.39. The van der Waals surface area contributed by atoms with E-state index in [0.717, 1.165) is 12.0 Å². The van der Waals surface area contributed by atoms with E-state index >= 15 is 0 Å². The van der Waals surface area contributed by atoms with Gasteiger partial charge in [-0.3, -0.25) is 15.0 Å². The molecular weight excluding hydrogens is 316 g/mol. The van der Waals surface area contributed by atoms with Crippen molar-refractivity contribution in [2.45, 2.75) is 58.9 Å². The number of carbonyl (C=O) groups excluding carboxylic acids is 2. The van der Waals surface area contributed by atoms with Crippen molar-refractivity contribution in [1.29, 1.82) is 0 Å². The number of carbonyl (C=O) groups is 2. The molecule has 25 heavy (non-hydrogen) atoms. The minimum absolute atomic E-state index is 0.0425. The second kappa shape index (κ2) is 9.32. The average Bonchev–Trinajstić information content (AvgIpc) is 2.96. The van der Waals surface area contributed by atoms with Crippen molar-refractivity contribution < 1.29 is 9.59 Å². The highest BCUT2D eigenvalue weighted by molar-refractivity contribution is 6.44. The second-order valence-electron chi connectivity index (χ2n) is 6.57. The highest BCUT2D eigenvalue weighted by atomic mass is 16.2. The standard InChI is InChI=1S/C19H28N4O2/c1-4-5-6-7-8-15-9-11-16(12-10-15)14(3)20-23-19(25)17-13(2)18(24)22-21-17/h9-14,20H,4-8H2,1-3H3,(H,22,24)(H,23,25)/t13-,14+/m1/s1. The van der Waals surface area contributed by atoms with Gasteiger partial charge in [0.15, 0.2) is 0 Å². The van der Waals surface area contributed by atoms with Crippen molar-refractivity contribution in [3.63, 3.8) is 0 Å². The van der Waals surface area contributed by atoms with Crippen LogP contribution in [-0.2, 0) is 16.0 Å². The summed E-state index contributed by atoms with van der Waals surface area (Å²) in [4.78, 5) is 23.4. The van der Waals surface area contributed by atoms with E-state index in [9.17, 15) is 9.59 Å². The maximum absolute atomic E-state index is 12.1. The Morgan fingerprint density at radius 1 is 1.24 bits per heavy atom. The molecule has 0 unspecified atom stereocenters. The minimum Gasteiger partial charge on any atom is -0.286 e. The van der Waals surface area contributed by atoms with Crippen LogP contribution >= 0.6 is 0 Å². The summed E-state index contributed by atoms with van der Waals surface area (Å²) in [6.07, 6.45) is 6.16. The molecule has 1 aliphatic rings. The van der Waals surface area contributed by atoms with Crippen molar-refractivity contribution in [2.75, 3.05) is 0 Å². The number of hydrogen-bond acceptors (Lipinski definition) is 4. The fourth-order valence-corrected chi connectivity index (χ4v) is 2.73. The summed E-state index contributed by atoms with van der Waals surface area (Å²) in [6, 6.07) is 8.42. The first-order valence-corrected chi connectivity index (χ1v) is 9.05. The molecular formula is C19H28N4O2. The lowest BCUT2D eigenvalue weighted by atomic mass is 10.0. The summed E-state index contributed by atoms with van der Waals surface area (Å²) >= 11 is 0. The number of hydrazine groups is 1. The summed E-state index contributed by atoms with van der Waals surface area (Å²) < 4.78 is 0. The first-order valence-electron chi connectivity index (χ1n) is 9.05. The van der Waals surface area contributed by atoms with Gasteiger partial charge in [-0.1, -0.05) is 50.5 Å². The number of rotatable bonds is 9. The topological polar surface area (TPSA) is 82.6 Å². The Labute approximate surface area is 149 Å². The van der Waals surface area contributed by atoms with Crippen LogP contribution in [0.2, 0.25) is 0 Å². The lowest BCUT2D eigenvalue weighted by Crippen LogP contribution is -2.44. The van der Waals surface area contributed by atoms with Crippen LogP contribution < -0.4 is 16.3 Å². The monoisotopic (exact) mass is 344 g/mol. The molecule has 2 rings (SSSR count). The van der Waals surface area contributed by atoms with E-state index in [-0.39, 0.29) is 23.6 Å². The number of amides is 2. The number of unbranched alkanes of at least 4 members (excludes halogenated alkanes) is 3. The van der Waals surface area contributed by atoms with Crippen LogP contribution in [0.5, 0.6) is 0 Å². The van der Waals surface area contributed by atoms with Gasteiger partial charge in [-0.2, -0.15) is 5.10 Å². The lowest BCUT2D eigenvalue weighted by molar-refractivity contribution is -0.122. The summed E-state index contributed by atoms with van der Waals surface area (Å²) in [5.41, 5.74) is 10.5. The molecule has 0 saturated heterocycles. The molecule has 1 aromatic rings. The van der Waals surface area contributed by atoms with Gasteiger partial charge in [-0.05, 0) is 37.8 Å². The Kier molecular flexibility index (Phi) is 7.13. The average molecular weight is 344 g/mol. The molecule has 0 spiro atoms. The van der Waals surface area contributed by atoms with Crippen molar-refractivity contribution in [3.8, 4) is 0 Å². The van der Waals surface area contributed by atoms with Crippen LogP contribution in [0.25, 0.3) is 0 Å². The van der Waals surface area contributed by atoms with E-state index in [1.54, 1.807) is 6.92 Å². The zero-order chi connectivity index (χ0) is 18.2. The summed E-state index contributed by atoms with van der Waals surface area (Å²) in [7, 11) is 0. The summed E-state index contributed by atoms with van der Waals surface area (Å²) in [6.45, 7) is 5.85. The van der Waals surface area contributed by atoms with Crippen molar-refractivity contribution in [1.82, 2.24) is 16.3 Å². The largest absolute Gasteiger partial charge is 0.286 e. The molecule has 0 fully saturated rings. The van der Waals surface area contributed by atoms with Crippen molar-refractivity contribution in [3.05, 3.63) is 35.4 Å². The zero-order valence-corrected chi connectivity index (χ0v) is 15.3. The molecule has 6 nitrogen and oxygen atoms in total. The Balaban J connectivity index is 1.79. The summed E-state index contributed by atoms with van der Waals surface area (Å²) in [5.74, 6) is -1.16. The molecule has 3 N–H and O–H groups in total. The molecule has 0 saturated carbocycles. The van der Waals surface area contributed by atoms with Crippen LogP contribution in [0.1, 0.15) is 63.6 Å². The molecule has 0 radical (unpaired) electrons. The van der Waals surface area contributed by atoms with Gasteiger partial charge >= 0.3 is 0 Å². The quantitative estimate of drug-likeness (QED) is 0.476. The fourth-order valence-electron chi connectivity index (χ4n) is 2.73. The molecule has 6 heteroatoms. The molecule has 2 atom stereocenters. The van der Waals surface area contributed by atoms with E-state index in [1.165, 1.54) is 31.2 Å². The summed E-state index contributed by atoms with van der Waals surface area (Å²) in [5, 5.41) is 3.77. The van der Waals surface area contributed by atoms with Gasteiger partial charge in [0.1, 0.15) is 5.71 Å². The molecule has 2 amide bonds. The van der Waals surface area contributed by atoms with E-state index in [0.29, 0.717) is 0 Å². The van der Waals surface area contributed by atoms with E-state index in [1.807, 2.05) is 6.92 Å². The minimum atomic E-state index is -0.524. The highest BCUT2D eigenvalue weighted by Crippen LogP contribution is 2.15. The fraction of sp³-hybridized carbons (Fsp3) is 0.526. The van der Waals surface area contributed by atoms with E-state index in [4.69, 9.17) is 0 Å². The molecule has 1 aromatic carbocycles. The molecule has 0 aromatic heterocycles. The van der Waals surface area contributed by atoms with E-state index < -0.39 is 5.92 Å². The SMILES string of the molecule is CCCCCCc1ccc([C@H](C)NNC(=O)C2=NNC(=O)[C@@H]2C)cc1. The molecule has 1 heterocycles. The van der Waals surface area contributed by atoms with Crippen LogP contribution in [-0.4, -0.2) is 17.5 Å². The highest BCUT2D eigenvalue weighted by Gasteiger charge is 2.30. The molecule has 136 valence electrons. The maximum atomic E-state index is 12.1. The number of nitrogens with one attached hydrogen (secondary N) is 3.